The van der Waals surface area contributed by atoms with Gasteiger partial charge in [0.25, 0.3) is 0 Å². The Hall–Kier alpha value is -0.990. The smallest absolute Gasteiger partial charge is 0.194 e. The van der Waals surface area contributed by atoms with E-state index in [-0.39, 0.29) is 5.92 Å². The third kappa shape index (κ3) is 4.76. The van der Waals surface area contributed by atoms with Gasteiger partial charge in [0.05, 0.1) is 0 Å². The number of hydrogen-bond donors (Lipinski definition) is 0. The first-order chi connectivity index (χ1) is 13.6. The average Bonchev–Trinajstić information content (AvgIpc) is 3.26. The maximum Gasteiger partial charge on any atom is 0.194 e. The van der Waals surface area contributed by atoms with E-state index >= 15 is 0 Å². The fraction of sp³-hybridized carbons (Fsp3) is 0.760. The van der Waals surface area contributed by atoms with Crippen molar-refractivity contribution in [2.45, 2.75) is 95.8 Å². The topological polar surface area (TPSA) is 0 Å². The van der Waals surface area contributed by atoms with Gasteiger partial charge in [-0.15, -0.1) is 0 Å². The minimum absolute atomic E-state index is 0.183. The van der Waals surface area contributed by atoms with Gasteiger partial charge in [-0.2, -0.15) is 0 Å². The first-order valence-corrected chi connectivity index (χ1v) is 11.7. The van der Waals surface area contributed by atoms with Crippen LogP contribution in [0.25, 0.3) is 0 Å². The average molecular weight is 393 g/mol. The van der Waals surface area contributed by atoms with E-state index in [0.717, 1.165) is 49.4 Å². The molecule has 0 amide bonds. The van der Waals surface area contributed by atoms with E-state index in [2.05, 4.69) is 0 Å². The fourth-order valence-electron chi connectivity index (χ4n) is 6.44. The molecular weight excluding hydrogens is 357 g/mol. The van der Waals surface area contributed by atoms with Gasteiger partial charge in [0, 0.05) is 0 Å². The molecule has 156 valence electrons. The van der Waals surface area contributed by atoms with Gasteiger partial charge in [-0.25, -0.2) is 13.2 Å². The third-order valence-corrected chi connectivity index (χ3v) is 8.27. The van der Waals surface area contributed by atoms with Crippen molar-refractivity contribution in [3.8, 4) is 0 Å². The van der Waals surface area contributed by atoms with Crippen molar-refractivity contribution in [1.29, 1.82) is 0 Å². The molecule has 1 aromatic carbocycles. The van der Waals surface area contributed by atoms with Crippen molar-refractivity contribution in [2.24, 2.45) is 23.7 Å². The summed E-state index contributed by atoms with van der Waals surface area (Å²) in [6, 6.07) is 2.40. The number of halogens is 3. The quantitative estimate of drug-likeness (QED) is 0.443. The zero-order valence-electron chi connectivity index (χ0n) is 17.1. The fourth-order valence-corrected chi connectivity index (χ4v) is 6.44. The Balaban J connectivity index is 1.18. The van der Waals surface area contributed by atoms with Crippen LogP contribution in [0.15, 0.2) is 12.1 Å². The third-order valence-electron chi connectivity index (χ3n) is 8.27. The van der Waals surface area contributed by atoms with Crippen LogP contribution in [-0.4, -0.2) is 0 Å². The molecule has 0 atom stereocenters. The highest BCUT2D eigenvalue weighted by molar-refractivity contribution is 5.23. The predicted molar refractivity (Wildman–Crippen MR) is 108 cm³/mol. The Kier molecular flexibility index (Phi) is 6.68. The van der Waals surface area contributed by atoms with Gasteiger partial charge < -0.3 is 0 Å². The predicted octanol–water partition coefficient (Wildman–Crippen LogP) is 8.15. The second-order valence-corrected chi connectivity index (χ2v) is 9.92. The van der Waals surface area contributed by atoms with Crippen LogP contribution in [0.4, 0.5) is 13.2 Å². The van der Waals surface area contributed by atoms with E-state index in [1.165, 1.54) is 76.3 Å². The molecule has 3 aliphatic carbocycles. The van der Waals surface area contributed by atoms with Gasteiger partial charge in [0.1, 0.15) is 0 Å². The van der Waals surface area contributed by atoms with Crippen LogP contribution >= 0.6 is 0 Å². The Morgan fingerprint density at radius 2 is 1.07 bits per heavy atom. The SMILES string of the molecule is Fc1cc(C2CCC(CCC3CCC(C4CCCC4)CC3)CC2)cc(F)c1F. The number of rotatable bonds is 5. The molecule has 0 N–H and O–H groups in total. The minimum atomic E-state index is -1.35. The Bertz CT molecular complexity index is 610. The summed E-state index contributed by atoms with van der Waals surface area (Å²) in [5, 5.41) is 0. The summed E-state index contributed by atoms with van der Waals surface area (Å²) in [6.45, 7) is 0. The van der Waals surface area contributed by atoms with Gasteiger partial charge in [0.15, 0.2) is 17.5 Å². The monoisotopic (exact) mass is 392 g/mol. The lowest BCUT2D eigenvalue weighted by Crippen LogP contribution is -2.21. The summed E-state index contributed by atoms with van der Waals surface area (Å²) in [5.74, 6) is 0.483. The first-order valence-electron chi connectivity index (χ1n) is 11.7. The van der Waals surface area contributed by atoms with Crippen LogP contribution in [0.3, 0.4) is 0 Å². The second kappa shape index (κ2) is 9.22. The Morgan fingerprint density at radius 3 is 1.61 bits per heavy atom. The standard InChI is InChI=1S/C25H35F3/c26-23-15-22(16-24(27)25(23)28)21-13-9-18(10-14-21)6-5-17-7-11-20(12-8-17)19-3-1-2-4-19/h15-21H,1-14H2. The van der Waals surface area contributed by atoms with E-state index in [9.17, 15) is 13.2 Å². The van der Waals surface area contributed by atoms with Crippen molar-refractivity contribution in [1.82, 2.24) is 0 Å². The summed E-state index contributed by atoms with van der Waals surface area (Å²) >= 11 is 0. The second-order valence-electron chi connectivity index (χ2n) is 9.92. The van der Waals surface area contributed by atoms with E-state index in [0.29, 0.717) is 5.56 Å². The van der Waals surface area contributed by atoms with E-state index in [1.807, 2.05) is 0 Å². The maximum atomic E-state index is 13.5. The van der Waals surface area contributed by atoms with Crippen molar-refractivity contribution < 1.29 is 13.2 Å². The van der Waals surface area contributed by atoms with Crippen LogP contribution in [0, 0.1) is 41.1 Å². The Labute approximate surface area is 168 Å². The molecular formula is C25H35F3. The van der Waals surface area contributed by atoms with Crippen molar-refractivity contribution in [3.63, 3.8) is 0 Å². The number of benzene rings is 1. The van der Waals surface area contributed by atoms with Crippen molar-refractivity contribution in [3.05, 3.63) is 35.1 Å². The highest BCUT2D eigenvalue weighted by atomic mass is 19.2. The molecule has 0 aromatic heterocycles. The van der Waals surface area contributed by atoms with Crippen LogP contribution in [0.1, 0.15) is 101 Å². The molecule has 4 rings (SSSR count). The lowest BCUT2D eigenvalue weighted by molar-refractivity contribution is 0.187. The summed E-state index contributed by atoms with van der Waals surface area (Å²) in [6.07, 6.45) is 18.6. The van der Waals surface area contributed by atoms with Gasteiger partial charge in [-0.3, -0.25) is 0 Å². The molecule has 28 heavy (non-hydrogen) atoms. The molecule has 3 saturated carbocycles. The molecule has 1 aromatic rings. The first kappa shape index (κ1) is 20.3. The van der Waals surface area contributed by atoms with E-state index in [4.69, 9.17) is 0 Å². The van der Waals surface area contributed by atoms with Crippen LogP contribution in [0.2, 0.25) is 0 Å². The summed E-state index contributed by atoms with van der Waals surface area (Å²) in [7, 11) is 0. The minimum Gasteiger partial charge on any atom is -0.204 e. The maximum absolute atomic E-state index is 13.5. The molecule has 3 fully saturated rings. The molecule has 3 heteroatoms. The molecule has 0 radical (unpaired) electrons. The number of hydrogen-bond acceptors (Lipinski definition) is 0. The molecule has 0 unspecified atom stereocenters. The van der Waals surface area contributed by atoms with Crippen LogP contribution in [-0.2, 0) is 0 Å². The van der Waals surface area contributed by atoms with Crippen molar-refractivity contribution >= 4 is 0 Å². The zero-order valence-corrected chi connectivity index (χ0v) is 17.1. The lowest BCUT2D eigenvalue weighted by Gasteiger charge is -2.34. The summed E-state index contributed by atoms with van der Waals surface area (Å²) in [4.78, 5) is 0. The van der Waals surface area contributed by atoms with Crippen molar-refractivity contribution in [2.75, 3.05) is 0 Å². The van der Waals surface area contributed by atoms with Gasteiger partial charge >= 0.3 is 0 Å². The molecule has 0 spiro atoms. The molecule has 0 aliphatic heterocycles. The highest BCUT2D eigenvalue weighted by Gasteiger charge is 2.30. The van der Waals surface area contributed by atoms with Crippen LogP contribution < -0.4 is 0 Å². The van der Waals surface area contributed by atoms with Gasteiger partial charge in [-0.05, 0) is 85.8 Å². The van der Waals surface area contributed by atoms with Gasteiger partial charge in [-0.1, -0.05) is 51.4 Å². The van der Waals surface area contributed by atoms with Gasteiger partial charge in [0.2, 0.25) is 0 Å². The molecule has 0 heterocycles. The van der Waals surface area contributed by atoms with E-state index < -0.39 is 17.5 Å². The van der Waals surface area contributed by atoms with E-state index in [1.54, 1.807) is 0 Å². The Morgan fingerprint density at radius 1 is 0.607 bits per heavy atom. The lowest BCUT2D eigenvalue weighted by atomic mass is 9.72. The summed E-state index contributed by atoms with van der Waals surface area (Å²) in [5.41, 5.74) is 0.639. The zero-order chi connectivity index (χ0) is 19.5. The largest absolute Gasteiger partial charge is 0.204 e. The molecule has 3 aliphatic rings. The normalized spacial score (nSPS) is 32.0. The molecule has 0 nitrogen and oxygen atoms in total. The summed E-state index contributed by atoms with van der Waals surface area (Å²) < 4.78 is 40.2. The molecule has 0 saturated heterocycles. The molecule has 0 bridgehead atoms. The van der Waals surface area contributed by atoms with Crippen LogP contribution in [0.5, 0.6) is 0 Å². The highest BCUT2D eigenvalue weighted by Crippen LogP contribution is 2.43.